The van der Waals surface area contributed by atoms with Crippen molar-refractivity contribution >= 4 is 45.2 Å². The Bertz CT molecular complexity index is 1370. The van der Waals surface area contributed by atoms with Gasteiger partial charge in [-0.3, -0.25) is 4.79 Å². The molecule has 1 amide bonds. The van der Waals surface area contributed by atoms with Crippen LogP contribution < -0.4 is 20.1 Å². The predicted molar refractivity (Wildman–Crippen MR) is 157 cm³/mol. The first kappa shape index (κ1) is 28.0. The van der Waals surface area contributed by atoms with Crippen molar-refractivity contribution in [2.45, 2.75) is 58.7 Å². The van der Waals surface area contributed by atoms with Crippen LogP contribution in [-0.4, -0.2) is 40.1 Å². The lowest BCUT2D eigenvalue weighted by molar-refractivity contribution is -0.113. The third-order valence-corrected chi connectivity index (χ3v) is 8.03. The Morgan fingerprint density at radius 1 is 1.24 bits per heavy atom. The van der Waals surface area contributed by atoms with Crippen molar-refractivity contribution in [3.8, 4) is 11.5 Å². The summed E-state index contributed by atoms with van der Waals surface area (Å²) in [5.41, 5.74) is 5.00. The Hall–Kier alpha value is -2.98. The number of benzene rings is 2. The van der Waals surface area contributed by atoms with Crippen LogP contribution in [0.5, 0.6) is 11.5 Å². The highest BCUT2D eigenvalue weighted by Crippen LogP contribution is 2.43. The number of nitrogens with zero attached hydrogens (tertiary/aromatic N) is 3. The molecule has 202 valence electrons. The standard InChI is InChI=1S/C28H34BrN5O3S/c1-7-9-13-38-28-32-27-30-18(5)23(26(35)31-21-12-10-11-16(3)17(21)4)24(34(27)33-28)19-14-20(29)25(37-8-2)22(15-19)36-6/h10-12,14-15,24H,7-9,13H2,1-6H3,(H,31,35)(H,30,32,33). The molecule has 1 aliphatic rings. The Labute approximate surface area is 236 Å². The van der Waals surface area contributed by atoms with E-state index in [-0.39, 0.29) is 5.91 Å². The van der Waals surface area contributed by atoms with E-state index in [1.54, 1.807) is 23.6 Å². The Balaban J connectivity index is 1.82. The number of hydrogen-bond donors (Lipinski definition) is 2. The lowest BCUT2D eigenvalue weighted by Crippen LogP contribution is -2.31. The second kappa shape index (κ2) is 12.3. The van der Waals surface area contributed by atoms with Gasteiger partial charge in [0.2, 0.25) is 11.1 Å². The maximum absolute atomic E-state index is 13.9. The van der Waals surface area contributed by atoms with E-state index in [9.17, 15) is 4.79 Å². The molecule has 0 saturated carbocycles. The number of ether oxygens (including phenoxy) is 2. The summed E-state index contributed by atoms with van der Waals surface area (Å²) in [5.74, 6) is 2.50. The van der Waals surface area contributed by atoms with Crippen LogP contribution in [0.1, 0.15) is 56.3 Å². The van der Waals surface area contributed by atoms with Crippen LogP contribution in [0.2, 0.25) is 0 Å². The Kier molecular flexibility index (Phi) is 9.04. The van der Waals surface area contributed by atoms with Gasteiger partial charge >= 0.3 is 0 Å². The number of methoxy groups -OCH3 is 1. The van der Waals surface area contributed by atoms with Crippen molar-refractivity contribution in [3.63, 3.8) is 0 Å². The highest BCUT2D eigenvalue weighted by Gasteiger charge is 2.35. The molecule has 4 rings (SSSR count). The molecular formula is C28H34BrN5O3S. The van der Waals surface area contributed by atoms with Gasteiger partial charge < -0.3 is 20.1 Å². The smallest absolute Gasteiger partial charge is 0.255 e. The molecule has 0 bridgehead atoms. The van der Waals surface area contributed by atoms with E-state index in [4.69, 9.17) is 19.6 Å². The van der Waals surface area contributed by atoms with Gasteiger partial charge in [0.15, 0.2) is 11.5 Å². The van der Waals surface area contributed by atoms with Crippen LogP contribution in [0.4, 0.5) is 11.6 Å². The molecule has 0 saturated heterocycles. The number of aryl methyl sites for hydroxylation is 1. The van der Waals surface area contributed by atoms with Crippen LogP contribution in [0, 0.1) is 13.8 Å². The van der Waals surface area contributed by atoms with E-state index in [0.717, 1.165) is 45.4 Å². The average Bonchev–Trinajstić information content (AvgIpc) is 3.29. The second-order valence-corrected chi connectivity index (χ2v) is 11.0. The summed E-state index contributed by atoms with van der Waals surface area (Å²) in [6.07, 6.45) is 2.18. The van der Waals surface area contributed by atoms with Crippen LogP contribution in [-0.2, 0) is 4.79 Å². The Morgan fingerprint density at radius 3 is 2.74 bits per heavy atom. The molecule has 1 aliphatic heterocycles. The normalized spacial score (nSPS) is 14.7. The van der Waals surface area contributed by atoms with Gasteiger partial charge in [0.1, 0.15) is 6.04 Å². The molecule has 8 nitrogen and oxygen atoms in total. The summed E-state index contributed by atoms with van der Waals surface area (Å²) in [4.78, 5) is 18.7. The van der Waals surface area contributed by atoms with Gasteiger partial charge in [-0.15, -0.1) is 5.10 Å². The highest BCUT2D eigenvalue weighted by atomic mass is 79.9. The lowest BCUT2D eigenvalue weighted by Gasteiger charge is -2.29. The van der Waals surface area contributed by atoms with Crippen molar-refractivity contribution in [1.29, 1.82) is 0 Å². The number of nitrogens with one attached hydrogen (secondary N) is 2. The molecular weight excluding hydrogens is 566 g/mol. The number of thioether (sulfide) groups is 1. The number of rotatable bonds is 10. The van der Waals surface area contributed by atoms with Crippen LogP contribution >= 0.6 is 27.7 Å². The van der Waals surface area contributed by atoms with Crippen LogP contribution in [0.15, 0.2) is 51.2 Å². The second-order valence-electron chi connectivity index (χ2n) is 9.10. The fraction of sp³-hybridized carbons (Fsp3) is 0.393. The average molecular weight is 601 g/mol. The first-order valence-corrected chi connectivity index (χ1v) is 14.5. The molecule has 10 heteroatoms. The van der Waals surface area contributed by atoms with Crippen molar-refractivity contribution in [1.82, 2.24) is 14.8 Å². The number of fused-ring (bicyclic) bond motifs is 1. The number of hydrogen-bond acceptors (Lipinski definition) is 7. The van der Waals surface area contributed by atoms with Gasteiger partial charge in [-0.2, -0.15) is 4.98 Å². The van der Waals surface area contributed by atoms with Crippen molar-refractivity contribution in [2.24, 2.45) is 0 Å². The minimum Gasteiger partial charge on any atom is -0.493 e. The maximum Gasteiger partial charge on any atom is 0.255 e. The summed E-state index contributed by atoms with van der Waals surface area (Å²) in [7, 11) is 1.61. The fourth-order valence-electron chi connectivity index (χ4n) is 4.36. The number of unbranched alkanes of at least 4 members (excludes halogenated alkanes) is 1. The summed E-state index contributed by atoms with van der Waals surface area (Å²) >= 11 is 5.27. The van der Waals surface area contributed by atoms with Crippen LogP contribution in [0.25, 0.3) is 0 Å². The molecule has 1 unspecified atom stereocenters. The maximum atomic E-state index is 13.9. The van der Waals surface area contributed by atoms with Gasteiger partial charge in [0, 0.05) is 17.1 Å². The molecule has 0 radical (unpaired) electrons. The monoisotopic (exact) mass is 599 g/mol. The third-order valence-electron chi connectivity index (χ3n) is 6.52. The van der Waals surface area contributed by atoms with E-state index < -0.39 is 6.04 Å². The van der Waals surface area contributed by atoms with E-state index in [0.29, 0.717) is 40.5 Å². The zero-order chi connectivity index (χ0) is 27.4. The van der Waals surface area contributed by atoms with E-state index in [1.165, 1.54) is 0 Å². The quantitative estimate of drug-likeness (QED) is 0.194. The number of amides is 1. The SMILES string of the molecule is CCCCSc1nc2n(n1)C(c1cc(Br)c(OCC)c(OC)c1)C(C(=O)Nc1cccc(C)c1C)=C(C)N2. The summed E-state index contributed by atoms with van der Waals surface area (Å²) in [5, 5.41) is 12.0. The topological polar surface area (TPSA) is 90.3 Å². The lowest BCUT2D eigenvalue weighted by atomic mass is 9.94. The molecule has 2 N–H and O–H groups in total. The first-order valence-electron chi connectivity index (χ1n) is 12.7. The molecule has 2 heterocycles. The van der Waals surface area contributed by atoms with Gasteiger partial charge in [0.05, 0.1) is 23.8 Å². The first-order chi connectivity index (χ1) is 18.3. The number of allylic oxidation sites excluding steroid dienone is 1. The van der Waals surface area contributed by atoms with Gasteiger partial charge in [-0.1, -0.05) is 37.2 Å². The Morgan fingerprint density at radius 2 is 2.03 bits per heavy atom. The number of carbonyl (C=O) groups excluding carboxylic acids is 1. The fourth-order valence-corrected chi connectivity index (χ4v) is 5.85. The molecule has 3 aromatic rings. The van der Waals surface area contributed by atoms with E-state index >= 15 is 0 Å². The zero-order valence-corrected chi connectivity index (χ0v) is 25.0. The molecule has 0 spiro atoms. The molecule has 0 fully saturated rings. The molecule has 38 heavy (non-hydrogen) atoms. The minimum atomic E-state index is -0.537. The summed E-state index contributed by atoms with van der Waals surface area (Å²) in [6, 6.07) is 9.21. The van der Waals surface area contributed by atoms with Gasteiger partial charge in [0.25, 0.3) is 5.91 Å². The molecule has 2 aromatic carbocycles. The van der Waals surface area contributed by atoms with E-state index in [1.807, 2.05) is 58.0 Å². The number of carbonyl (C=O) groups is 1. The third kappa shape index (κ3) is 5.71. The minimum absolute atomic E-state index is 0.209. The largest absolute Gasteiger partial charge is 0.493 e. The summed E-state index contributed by atoms with van der Waals surface area (Å²) in [6.45, 7) is 10.5. The van der Waals surface area contributed by atoms with E-state index in [2.05, 4.69) is 33.5 Å². The number of anilines is 2. The van der Waals surface area contributed by atoms with Crippen molar-refractivity contribution < 1.29 is 14.3 Å². The molecule has 1 atom stereocenters. The highest BCUT2D eigenvalue weighted by molar-refractivity contribution is 9.10. The summed E-state index contributed by atoms with van der Waals surface area (Å²) < 4.78 is 14.0. The van der Waals surface area contributed by atoms with Crippen molar-refractivity contribution in [2.75, 3.05) is 30.1 Å². The van der Waals surface area contributed by atoms with Crippen LogP contribution in [0.3, 0.4) is 0 Å². The number of aromatic nitrogens is 3. The zero-order valence-electron chi connectivity index (χ0n) is 22.6. The number of halogens is 1. The molecule has 1 aromatic heterocycles. The van der Waals surface area contributed by atoms with Gasteiger partial charge in [-0.25, -0.2) is 4.68 Å². The molecule has 0 aliphatic carbocycles. The van der Waals surface area contributed by atoms with Gasteiger partial charge in [-0.05, 0) is 84.9 Å². The predicted octanol–water partition coefficient (Wildman–Crippen LogP) is 6.88. The van der Waals surface area contributed by atoms with Crippen molar-refractivity contribution in [3.05, 3.63) is 62.8 Å².